The fourth-order valence-electron chi connectivity index (χ4n) is 0.547. The largest absolute Gasteiger partial charge is 0.390 e. The van der Waals surface area contributed by atoms with Crippen LogP contribution in [0.15, 0.2) is 0 Å². The fraction of sp³-hybridized carbons (Fsp3) is 1.00. The predicted octanol–water partition coefficient (Wildman–Crippen LogP) is 2.35. The third-order valence-electron chi connectivity index (χ3n) is 1.07. The number of hydrogen-bond acceptors (Lipinski definition) is 1. The zero-order chi connectivity index (χ0) is 8.74. The van der Waals surface area contributed by atoms with Gasteiger partial charge in [0.05, 0.1) is 6.42 Å². The van der Waals surface area contributed by atoms with Gasteiger partial charge in [-0.15, -0.1) is 0 Å². The molecule has 1 nitrogen and oxygen atoms in total. The maximum atomic E-state index is 11.5. The number of halogens is 4. The Morgan fingerprint density at radius 3 is 2.27 bits per heavy atom. The Kier molecular flexibility index (Phi) is 6.31. The molecule has 5 heteroatoms. The lowest BCUT2D eigenvalue weighted by molar-refractivity contribution is -0.133. The minimum Gasteiger partial charge on any atom is -0.316 e. The normalized spacial score (nSPS) is 12.0. The molecule has 0 aromatic heterocycles. The average molecular weight is 281 g/mol. The van der Waals surface area contributed by atoms with Crippen LogP contribution in [0.25, 0.3) is 0 Å². The first kappa shape index (κ1) is 11.5. The molecule has 0 atom stereocenters. The molecule has 0 fully saturated rings. The summed E-state index contributed by atoms with van der Waals surface area (Å²) in [7, 11) is 0. The summed E-state index contributed by atoms with van der Waals surface area (Å²) >= 11 is 2.19. The summed E-state index contributed by atoms with van der Waals surface area (Å²) in [4.78, 5) is 0. The van der Waals surface area contributed by atoms with Gasteiger partial charge in [0.25, 0.3) is 0 Å². The topological polar surface area (TPSA) is 12.0 Å². The molecule has 0 amide bonds. The lowest BCUT2D eigenvalue weighted by Crippen LogP contribution is -2.22. The molecule has 0 rings (SSSR count). The molecule has 0 aromatic rings. The summed E-state index contributed by atoms with van der Waals surface area (Å²) in [6.07, 6.45) is -3.82. The van der Waals surface area contributed by atoms with E-state index in [4.69, 9.17) is 0 Å². The van der Waals surface area contributed by atoms with Gasteiger partial charge < -0.3 is 5.32 Å². The minimum atomic E-state index is -4.02. The molecule has 11 heavy (non-hydrogen) atoms. The molecule has 0 saturated carbocycles. The van der Waals surface area contributed by atoms with Gasteiger partial charge in [-0.2, -0.15) is 13.2 Å². The van der Waals surface area contributed by atoms with Crippen LogP contribution in [0.1, 0.15) is 12.8 Å². The van der Waals surface area contributed by atoms with Crippen LogP contribution in [0.2, 0.25) is 0 Å². The van der Waals surface area contributed by atoms with E-state index in [9.17, 15) is 13.2 Å². The zero-order valence-electron chi connectivity index (χ0n) is 6.05. The van der Waals surface area contributed by atoms with Crippen LogP contribution in [-0.2, 0) is 0 Å². The van der Waals surface area contributed by atoms with Crippen LogP contribution in [0.5, 0.6) is 0 Å². The SMILES string of the molecule is FC(F)(F)CCNCCCI. The first-order valence-corrected chi connectivity index (χ1v) is 4.92. The van der Waals surface area contributed by atoms with Gasteiger partial charge in [0.2, 0.25) is 0 Å². The maximum absolute atomic E-state index is 11.5. The van der Waals surface area contributed by atoms with Crippen molar-refractivity contribution >= 4 is 22.6 Å². The predicted molar refractivity (Wildman–Crippen MR) is 47.0 cm³/mol. The Hall–Kier alpha value is 0.480. The summed E-state index contributed by atoms with van der Waals surface area (Å²) in [6, 6.07) is 0. The van der Waals surface area contributed by atoms with E-state index in [1.165, 1.54) is 0 Å². The van der Waals surface area contributed by atoms with Crippen LogP contribution in [0.3, 0.4) is 0 Å². The highest BCUT2D eigenvalue weighted by molar-refractivity contribution is 14.1. The molecule has 0 heterocycles. The molecule has 0 bridgehead atoms. The third-order valence-corrected chi connectivity index (χ3v) is 1.84. The van der Waals surface area contributed by atoms with Gasteiger partial charge in [-0.1, -0.05) is 22.6 Å². The number of nitrogens with one attached hydrogen (secondary N) is 1. The smallest absolute Gasteiger partial charge is 0.316 e. The summed E-state index contributed by atoms with van der Waals surface area (Å²) in [5, 5.41) is 2.72. The van der Waals surface area contributed by atoms with E-state index in [-0.39, 0.29) is 6.54 Å². The highest BCUT2D eigenvalue weighted by Crippen LogP contribution is 2.17. The summed E-state index contributed by atoms with van der Waals surface area (Å²) in [5.74, 6) is 0. The quantitative estimate of drug-likeness (QED) is 0.463. The highest BCUT2D eigenvalue weighted by atomic mass is 127. The zero-order valence-corrected chi connectivity index (χ0v) is 8.20. The molecular weight excluding hydrogens is 270 g/mol. The summed E-state index contributed by atoms with van der Waals surface area (Å²) < 4.78 is 35.6. The number of rotatable bonds is 5. The van der Waals surface area contributed by atoms with E-state index in [1.54, 1.807) is 0 Å². The van der Waals surface area contributed by atoms with Crippen LogP contribution >= 0.6 is 22.6 Å². The van der Waals surface area contributed by atoms with E-state index in [0.29, 0.717) is 6.54 Å². The van der Waals surface area contributed by atoms with Crippen molar-refractivity contribution in [2.75, 3.05) is 17.5 Å². The Bertz CT molecular complexity index is 94.3. The van der Waals surface area contributed by atoms with Crippen LogP contribution in [0.4, 0.5) is 13.2 Å². The molecular formula is C6H11F3IN. The Morgan fingerprint density at radius 1 is 1.18 bits per heavy atom. The molecule has 0 aliphatic rings. The van der Waals surface area contributed by atoms with Crippen molar-refractivity contribution in [3.63, 3.8) is 0 Å². The van der Waals surface area contributed by atoms with Crippen LogP contribution < -0.4 is 5.32 Å². The van der Waals surface area contributed by atoms with E-state index in [1.807, 2.05) is 0 Å². The Balaban J connectivity index is 3.02. The number of alkyl halides is 4. The van der Waals surface area contributed by atoms with E-state index in [0.717, 1.165) is 10.8 Å². The van der Waals surface area contributed by atoms with Crippen molar-refractivity contribution in [2.45, 2.75) is 19.0 Å². The second kappa shape index (κ2) is 6.05. The van der Waals surface area contributed by atoms with Gasteiger partial charge in [-0.25, -0.2) is 0 Å². The second-order valence-electron chi connectivity index (χ2n) is 2.16. The van der Waals surface area contributed by atoms with Gasteiger partial charge in [0.1, 0.15) is 0 Å². The monoisotopic (exact) mass is 281 g/mol. The van der Waals surface area contributed by atoms with Crippen molar-refractivity contribution in [3.8, 4) is 0 Å². The van der Waals surface area contributed by atoms with E-state index in [2.05, 4.69) is 27.9 Å². The van der Waals surface area contributed by atoms with Gasteiger partial charge in [-0.05, 0) is 13.0 Å². The van der Waals surface area contributed by atoms with Crippen molar-refractivity contribution in [3.05, 3.63) is 0 Å². The molecule has 0 unspecified atom stereocenters. The van der Waals surface area contributed by atoms with Gasteiger partial charge in [0.15, 0.2) is 0 Å². The molecule has 0 saturated heterocycles. The summed E-state index contributed by atoms with van der Waals surface area (Å²) in [5.41, 5.74) is 0. The minimum absolute atomic E-state index is 0.0418. The van der Waals surface area contributed by atoms with Crippen molar-refractivity contribution in [1.82, 2.24) is 5.32 Å². The molecule has 0 radical (unpaired) electrons. The third kappa shape index (κ3) is 10.5. The average Bonchev–Trinajstić information content (AvgIpc) is 1.85. The highest BCUT2D eigenvalue weighted by Gasteiger charge is 2.25. The summed E-state index contributed by atoms with van der Waals surface area (Å²) in [6.45, 7) is 0.721. The standard InChI is InChI=1S/C6H11F3IN/c7-6(8,9)2-5-11-4-1-3-10/h11H,1-5H2. The molecule has 0 spiro atoms. The second-order valence-corrected chi connectivity index (χ2v) is 3.24. The lowest BCUT2D eigenvalue weighted by Gasteiger charge is -2.06. The molecule has 68 valence electrons. The van der Waals surface area contributed by atoms with E-state index >= 15 is 0 Å². The van der Waals surface area contributed by atoms with Gasteiger partial charge >= 0.3 is 6.18 Å². The van der Waals surface area contributed by atoms with Gasteiger partial charge in [0, 0.05) is 11.0 Å². The first-order valence-electron chi connectivity index (χ1n) is 3.39. The molecule has 1 N–H and O–H groups in total. The number of hydrogen-bond donors (Lipinski definition) is 1. The Labute approximate surface area is 77.9 Å². The van der Waals surface area contributed by atoms with E-state index < -0.39 is 12.6 Å². The molecule has 0 aliphatic carbocycles. The maximum Gasteiger partial charge on any atom is 0.390 e. The van der Waals surface area contributed by atoms with Crippen LogP contribution in [0, 0.1) is 0 Å². The van der Waals surface area contributed by atoms with Crippen molar-refractivity contribution in [2.24, 2.45) is 0 Å². The molecule has 0 aromatic carbocycles. The fourth-order valence-corrected chi connectivity index (χ4v) is 0.928. The van der Waals surface area contributed by atoms with Crippen molar-refractivity contribution in [1.29, 1.82) is 0 Å². The lowest BCUT2D eigenvalue weighted by atomic mass is 10.4. The van der Waals surface area contributed by atoms with Crippen LogP contribution in [-0.4, -0.2) is 23.7 Å². The molecule has 0 aliphatic heterocycles. The van der Waals surface area contributed by atoms with Gasteiger partial charge in [-0.3, -0.25) is 0 Å². The first-order chi connectivity index (χ1) is 5.06. The van der Waals surface area contributed by atoms with Crippen molar-refractivity contribution < 1.29 is 13.2 Å². The Morgan fingerprint density at radius 2 is 1.82 bits per heavy atom.